The van der Waals surface area contributed by atoms with E-state index in [1.807, 2.05) is 6.07 Å². The second-order valence-corrected chi connectivity index (χ2v) is 6.22. The van der Waals surface area contributed by atoms with Crippen molar-refractivity contribution in [2.75, 3.05) is 14.1 Å². The Balaban J connectivity index is 2.26. The summed E-state index contributed by atoms with van der Waals surface area (Å²) in [6, 6.07) is 5.00. The molecular weight excluding hydrogens is 277 g/mol. The van der Waals surface area contributed by atoms with E-state index in [9.17, 15) is 4.39 Å². The number of hydrazine groups is 1. The first-order chi connectivity index (χ1) is 9.51. The van der Waals surface area contributed by atoms with Crippen molar-refractivity contribution in [2.45, 2.75) is 43.7 Å². The molecule has 1 aliphatic carbocycles. The zero-order valence-electron chi connectivity index (χ0n) is 12.1. The molecular formula is C15H23ClFN3. The summed E-state index contributed by atoms with van der Waals surface area (Å²) < 4.78 is 13.6. The fourth-order valence-corrected chi connectivity index (χ4v) is 3.63. The second-order valence-electron chi connectivity index (χ2n) is 5.84. The average molecular weight is 300 g/mol. The molecule has 0 spiro atoms. The van der Waals surface area contributed by atoms with E-state index in [1.165, 1.54) is 18.9 Å². The van der Waals surface area contributed by atoms with E-state index >= 15 is 0 Å². The van der Waals surface area contributed by atoms with E-state index in [4.69, 9.17) is 17.4 Å². The van der Waals surface area contributed by atoms with Gasteiger partial charge in [0.05, 0.1) is 5.02 Å². The van der Waals surface area contributed by atoms with Crippen LogP contribution in [-0.2, 0) is 6.42 Å². The summed E-state index contributed by atoms with van der Waals surface area (Å²) in [6.07, 6.45) is 5.23. The number of nitrogens with one attached hydrogen (secondary N) is 1. The van der Waals surface area contributed by atoms with Gasteiger partial charge in [-0.2, -0.15) is 0 Å². The van der Waals surface area contributed by atoms with Crippen LogP contribution < -0.4 is 11.3 Å². The van der Waals surface area contributed by atoms with Crippen LogP contribution in [0.3, 0.4) is 0 Å². The number of likely N-dealkylation sites (N-methyl/N-ethyl adjacent to an activating group) is 1. The Morgan fingerprint density at radius 1 is 1.40 bits per heavy atom. The lowest BCUT2D eigenvalue weighted by atomic mass is 9.83. The summed E-state index contributed by atoms with van der Waals surface area (Å²) in [5.74, 6) is 5.43. The van der Waals surface area contributed by atoms with E-state index in [0.717, 1.165) is 18.4 Å². The lowest BCUT2D eigenvalue weighted by molar-refractivity contribution is 0.104. The Hall–Kier alpha value is -0.680. The highest BCUT2D eigenvalue weighted by Crippen LogP contribution is 2.38. The van der Waals surface area contributed by atoms with Gasteiger partial charge < -0.3 is 4.90 Å². The maximum Gasteiger partial charge on any atom is 0.142 e. The van der Waals surface area contributed by atoms with Crippen LogP contribution in [0.4, 0.5) is 4.39 Å². The number of benzene rings is 1. The molecule has 0 aromatic heterocycles. The first-order valence-corrected chi connectivity index (χ1v) is 7.45. The normalized spacial score (nSPS) is 19.5. The third-order valence-corrected chi connectivity index (χ3v) is 5.09. The van der Waals surface area contributed by atoms with E-state index in [0.29, 0.717) is 6.42 Å². The fraction of sp³-hybridized carbons (Fsp3) is 0.600. The van der Waals surface area contributed by atoms with Crippen LogP contribution in [0.25, 0.3) is 0 Å². The van der Waals surface area contributed by atoms with Gasteiger partial charge in [0, 0.05) is 11.6 Å². The summed E-state index contributed by atoms with van der Waals surface area (Å²) >= 11 is 6.07. The zero-order valence-corrected chi connectivity index (χ0v) is 12.9. The van der Waals surface area contributed by atoms with E-state index < -0.39 is 0 Å². The van der Waals surface area contributed by atoms with Crippen molar-refractivity contribution in [3.8, 4) is 0 Å². The minimum atomic E-state index is -0.370. The first-order valence-electron chi connectivity index (χ1n) is 7.07. The van der Waals surface area contributed by atoms with Crippen LogP contribution >= 0.6 is 11.6 Å². The Kier molecular flexibility index (Phi) is 5.02. The van der Waals surface area contributed by atoms with Gasteiger partial charge in [0.1, 0.15) is 5.82 Å². The van der Waals surface area contributed by atoms with Crippen LogP contribution in [0.2, 0.25) is 5.02 Å². The Morgan fingerprint density at radius 3 is 2.60 bits per heavy atom. The van der Waals surface area contributed by atoms with Crippen LogP contribution in [0.1, 0.15) is 31.2 Å². The molecule has 1 fully saturated rings. The SMILES string of the molecule is CN(C)C1(C(Cc2cccc(F)c2Cl)NN)CCCC1. The van der Waals surface area contributed by atoms with E-state index in [2.05, 4.69) is 24.4 Å². The lowest BCUT2D eigenvalue weighted by Gasteiger charge is -2.43. The second kappa shape index (κ2) is 6.39. The molecule has 0 heterocycles. The minimum absolute atomic E-state index is 0.0183. The first kappa shape index (κ1) is 15.7. The Bertz CT molecular complexity index is 458. The van der Waals surface area contributed by atoms with Gasteiger partial charge in [0.15, 0.2) is 0 Å². The molecule has 2 rings (SSSR count). The molecule has 112 valence electrons. The topological polar surface area (TPSA) is 41.3 Å². The standard InChI is InChI=1S/C15H23ClFN3/c1-20(2)15(8-3-4-9-15)13(19-18)10-11-6-5-7-12(17)14(11)16/h5-7,13,19H,3-4,8-10,18H2,1-2H3. The maximum absolute atomic E-state index is 13.6. The van der Waals surface area contributed by atoms with Crippen molar-refractivity contribution in [1.29, 1.82) is 0 Å². The number of halogens is 2. The summed E-state index contributed by atoms with van der Waals surface area (Å²) in [5.41, 5.74) is 3.76. The van der Waals surface area contributed by atoms with Gasteiger partial charge in [0.25, 0.3) is 0 Å². The highest BCUT2D eigenvalue weighted by molar-refractivity contribution is 6.31. The largest absolute Gasteiger partial charge is 0.302 e. The van der Waals surface area contributed by atoms with Crippen LogP contribution in [0.15, 0.2) is 18.2 Å². The molecule has 1 aliphatic rings. The van der Waals surface area contributed by atoms with Gasteiger partial charge in [-0.1, -0.05) is 36.6 Å². The van der Waals surface area contributed by atoms with Crippen molar-refractivity contribution >= 4 is 11.6 Å². The van der Waals surface area contributed by atoms with Gasteiger partial charge in [-0.15, -0.1) is 0 Å². The Morgan fingerprint density at radius 2 is 2.05 bits per heavy atom. The molecule has 1 saturated carbocycles. The highest BCUT2D eigenvalue weighted by Gasteiger charge is 2.42. The van der Waals surface area contributed by atoms with Gasteiger partial charge in [0.2, 0.25) is 0 Å². The van der Waals surface area contributed by atoms with E-state index in [-0.39, 0.29) is 22.4 Å². The minimum Gasteiger partial charge on any atom is -0.302 e. The quantitative estimate of drug-likeness (QED) is 0.649. The molecule has 1 unspecified atom stereocenters. The molecule has 3 nitrogen and oxygen atoms in total. The van der Waals surface area contributed by atoms with Crippen molar-refractivity contribution < 1.29 is 4.39 Å². The molecule has 1 aromatic carbocycles. The van der Waals surface area contributed by atoms with Gasteiger partial charge in [-0.25, -0.2) is 4.39 Å². The summed E-state index contributed by atoms with van der Waals surface area (Å²) in [5, 5.41) is 0.208. The third-order valence-electron chi connectivity index (χ3n) is 4.67. The van der Waals surface area contributed by atoms with E-state index in [1.54, 1.807) is 6.07 Å². The predicted octanol–water partition coefficient (Wildman–Crippen LogP) is 2.73. The zero-order chi connectivity index (χ0) is 14.8. The molecule has 1 aromatic rings. The molecule has 0 radical (unpaired) electrons. The van der Waals surface area contributed by atoms with Crippen molar-refractivity contribution in [3.05, 3.63) is 34.6 Å². The number of hydrogen-bond acceptors (Lipinski definition) is 3. The van der Waals surface area contributed by atoms with Crippen LogP contribution in [-0.4, -0.2) is 30.6 Å². The van der Waals surface area contributed by atoms with Gasteiger partial charge >= 0.3 is 0 Å². The molecule has 3 N–H and O–H groups in total. The fourth-order valence-electron chi connectivity index (χ4n) is 3.42. The molecule has 0 aliphatic heterocycles. The smallest absolute Gasteiger partial charge is 0.142 e. The van der Waals surface area contributed by atoms with Gasteiger partial charge in [-0.05, 0) is 45.0 Å². The predicted molar refractivity (Wildman–Crippen MR) is 81.1 cm³/mol. The third kappa shape index (κ3) is 2.84. The highest BCUT2D eigenvalue weighted by atomic mass is 35.5. The number of hydrogen-bond donors (Lipinski definition) is 2. The number of nitrogens with zero attached hydrogens (tertiary/aromatic N) is 1. The molecule has 20 heavy (non-hydrogen) atoms. The molecule has 0 saturated heterocycles. The lowest BCUT2D eigenvalue weighted by Crippen LogP contribution is -2.60. The summed E-state index contributed by atoms with van der Waals surface area (Å²) in [6.45, 7) is 0. The maximum atomic E-state index is 13.6. The van der Waals surface area contributed by atoms with Crippen molar-refractivity contribution in [2.24, 2.45) is 5.84 Å². The van der Waals surface area contributed by atoms with Crippen LogP contribution in [0.5, 0.6) is 0 Å². The number of nitrogens with two attached hydrogens (primary N) is 1. The Labute approximate surface area is 125 Å². The average Bonchev–Trinajstić information content (AvgIpc) is 2.91. The number of rotatable bonds is 5. The van der Waals surface area contributed by atoms with Gasteiger partial charge in [-0.3, -0.25) is 11.3 Å². The van der Waals surface area contributed by atoms with Crippen LogP contribution in [0, 0.1) is 5.82 Å². The summed E-state index contributed by atoms with van der Waals surface area (Å²) in [4.78, 5) is 2.25. The molecule has 1 atom stereocenters. The van der Waals surface area contributed by atoms with Crippen molar-refractivity contribution in [3.63, 3.8) is 0 Å². The molecule has 0 amide bonds. The molecule has 5 heteroatoms. The van der Waals surface area contributed by atoms with Crippen molar-refractivity contribution in [1.82, 2.24) is 10.3 Å². The molecule has 0 bridgehead atoms. The summed E-state index contributed by atoms with van der Waals surface area (Å²) in [7, 11) is 4.17. The monoisotopic (exact) mass is 299 g/mol.